The molecule has 0 spiro atoms. The van der Waals surface area contributed by atoms with Crippen molar-refractivity contribution in [2.45, 2.75) is 187 Å². The van der Waals surface area contributed by atoms with E-state index in [0.717, 1.165) is 10.5 Å². The first-order valence-electron chi connectivity index (χ1n) is 33.6. The van der Waals surface area contributed by atoms with Gasteiger partial charge in [-0.25, -0.2) is 4.79 Å². The van der Waals surface area contributed by atoms with Crippen molar-refractivity contribution < 1.29 is 105 Å². The predicted molar refractivity (Wildman–Crippen MR) is 359 cm³/mol. The molecule has 1 saturated carbocycles. The maximum atomic E-state index is 14.8. The lowest BCUT2D eigenvalue weighted by Gasteiger charge is -2.42. The van der Waals surface area contributed by atoms with Crippen molar-refractivity contribution in [3.8, 4) is 0 Å². The van der Waals surface area contributed by atoms with E-state index < -0.39 is 132 Å². The molecule has 0 radical (unpaired) electrons. The Morgan fingerprint density at radius 3 is 1.99 bits per heavy atom. The average Bonchev–Trinajstić information content (AvgIpc) is 0.790. The fraction of sp³-hybridized carbons (Fsp3) is 0.771. The number of piperidine rings is 1. The van der Waals surface area contributed by atoms with Crippen molar-refractivity contribution in [1.29, 1.82) is 0 Å². The summed E-state index contributed by atoms with van der Waals surface area (Å²) in [6.45, 7) is 15.6. The summed E-state index contributed by atoms with van der Waals surface area (Å²) in [6.07, 6.45) is 8.77. The molecule has 2 N–H and O–H groups in total. The number of ketones is 3. The first kappa shape index (κ1) is 83.0. The molecular formula is C70H111NO22S2. The molecule has 2 bridgehead atoms. The number of cyclic esters (lactones) is 1. The van der Waals surface area contributed by atoms with Crippen LogP contribution >= 0.6 is 23.5 Å². The van der Waals surface area contributed by atoms with Gasteiger partial charge in [-0.1, -0.05) is 71.1 Å². The number of rotatable bonds is 28. The predicted octanol–water partition coefficient (Wildman–Crippen LogP) is 7.62. The molecule has 0 aromatic heterocycles. The fourth-order valence-electron chi connectivity index (χ4n) is 12.3. The zero-order valence-electron chi connectivity index (χ0n) is 58.5. The van der Waals surface area contributed by atoms with E-state index in [0.29, 0.717) is 115 Å². The minimum atomic E-state index is -2.50. The van der Waals surface area contributed by atoms with Gasteiger partial charge in [0, 0.05) is 84.2 Å². The lowest BCUT2D eigenvalue weighted by atomic mass is 9.78. The summed E-state index contributed by atoms with van der Waals surface area (Å²) in [5.41, 5.74) is -0.446. The normalized spacial score (nSPS) is 31.4. The molecule has 4 rings (SSSR count). The number of aliphatic hydroxyl groups excluding tert-OH is 1. The van der Waals surface area contributed by atoms with Gasteiger partial charge in [0.15, 0.2) is 5.78 Å². The first-order valence-corrected chi connectivity index (χ1v) is 35.9. The lowest BCUT2D eigenvalue weighted by molar-refractivity contribution is -0.265. The standard InChI is InChI=1S/C70H111NO22S2/c1-45-19-15-14-16-20-46(2)57(84-11)39-53-24-22-51(7)70(81,93-53)65(77)66(78)71-26-18-17-21-54(71)67(79)91-58(40-55(72)47(3)36-50(6)63(76)64(86-13)62(75)49(5)35-45)48(4)37-52-23-25-56(59(38-52)85-12)92-68(80)69(8,43-89-60(73)41-94-33-31-87-29-27-82-9)44-90-61(74)42-95-34-32-88-30-28-83-10/h14-16,19-20,36,45,47-49,51-54,56-59,63-64,76,81H,17-18,21-35,37-44H2,1-13H3/b16-14+,19-15+,46-20+,50-36+/t45-,47-,48-,49-,51-,52+,53+,54+,56-,57+,58+,59-,63-,64+,70-/m1/s1. The number of hydrogen-bond acceptors (Lipinski definition) is 24. The van der Waals surface area contributed by atoms with Crippen molar-refractivity contribution in [2.75, 3.05) is 118 Å². The van der Waals surface area contributed by atoms with Crippen molar-refractivity contribution >= 4 is 70.7 Å². The highest BCUT2D eigenvalue weighted by atomic mass is 32.2. The van der Waals surface area contributed by atoms with Gasteiger partial charge in [0.1, 0.15) is 54.9 Å². The van der Waals surface area contributed by atoms with Crippen LogP contribution in [-0.2, 0) is 95.2 Å². The Labute approximate surface area is 571 Å². The van der Waals surface area contributed by atoms with E-state index in [9.17, 15) is 48.6 Å². The van der Waals surface area contributed by atoms with E-state index in [1.54, 1.807) is 55.1 Å². The smallest absolute Gasteiger partial charge is 0.329 e. The van der Waals surface area contributed by atoms with Gasteiger partial charge in [0.2, 0.25) is 5.79 Å². The highest BCUT2D eigenvalue weighted by Gasteiger charge is 2.53. The van der Waals surface area contributed by atoms with Crippen molar-refractivity contribution in [3.63, 3.8) is 0 Å². The number of carbonyl (C=O) groups is 8. The zero-order chi connectivity index (χ0) is 70.3. The van der Waals surface area contributed by atoms with E-state index in [-0.39, 0.29) is 60.7 Å². The summed E-state index contributed by atoms with van der Waals surface area (Å²) in [4.78, 5) is 114. The van der Waals surface area contributed by atoms with Crippen molar-refractivity contribution in [1.82, 2.24) is 4.90 Å². The van der Waals surface area contributed by atoms with E-state index in [1.165, 1.54) is 44.7 Å². The van der Waals surface area contributed by atoms with Gasteiger partial charge in [0.05, 0.1) is 69.5 Å². The van der Waals surface area contributed by atoms with E-state index in [2.05, 4.69) is 0 Å². The summed E-state index contributed by atoms with van der Waals surface area (Å²) in [5.74, 6) is -10.0. The Kier molecular flexibility index (Phi) is 37.8. The molecule has 25 heteroatoms. The quantitative estimate of drug-likeness (QED) is 0.0250. The summed E-state index contributed by atoms with van der Waals surface area (Å²) in [6, 6.07) is -1.25. The monoisotopic (exact) mass is 1380 g/mol. The van der Waals surface area contributed by atoms with Crippen LogP contribution in [0.4, 0.5) is 0 Å². The number of carbonyl (C=O) groups excluding carboxylic acids is 8. The number of aliphatic hydroxyl groups is 2. The maximum Gasteiger partial charge on any atom is 0.329 e. The SMILES string of the molecule is COCCOCCSCC(=O)OCC(C)(COC(=O)CSCCOCCOC)C(=O)O[C@@H]1CC[C@@H](C[C@@H](C)[C@@H]2CC(=O)[C@H](C)/C=C(\C)[C@@H](O)[C@@H](OC)C(=O)[C@H](C)C[C@H](C)/C=C/C=C/C=C(\C)[C@@H](OC)C[C@@H]3CC[C@@H](C)[C@@](O)(O3)C(=O)C(=O)N3CCCC[C@H]3C(=O)O2)C[C@H]1OC. The van der Waals surface area contributed by atoms with E-state index >= 15 is 0 Å². The molecule has 540 valence electrons. The number of esters is 4. The van der Waals surface area contributed by atoms with Gasteiger partial charge < -0.3 is 72.0 Å². The lowest BCUT2D eigenvalue weighted by Crippen LogP contribution is -2.61. The number of nitrogens with zero attached hydrogens (tertiary/aromatic N) is 1. The molecule has 15 atom stereocenters. The van der Waals surface area contributed by atoms with Gasteiger partial charge in [-0.2, -0.15) is 0 Å². The third-order valence-corrected chi connectivity index (χ3v) is 20.1. The number of ether oxygens (including phenoxy) is 12. The molecule has 3 fully saturated rings. The van der Waals surface area contributed by atoms with Crippen LogP contribution in [0.15, 0.2) is 47.6 Å². The third kappa shape index (κ3) is 27.0. The Balaban J connectivity index is 1.62. The largest absolute Gasteiger partial charge is 0.464 e. The number of amides is 1. The fourth-order valence-corrected chi connectivity index (χ4v) is 13.5. The Bertz CT molecular complexity index is 2530. The third-order valence-electron chi connectivity index (χ3n) is 18.4. The minimum Gasteiger partial charge on any atom is -0.464 e. The molecule has 0 aromatic rings. The molecule has 1 amide bonds. The molecular weight excluding hydrogens is 1270 g/mol. The van der Waals surface area contributed by atoms with E-state index in [4.69, 9.17) is 56.8 Å². The number of Topliss-reactive ketones (excluding diaryl/α,β-unsaturated/α-hetero) is 3. The Hall–Kier alpha value is -4.38. The van der Waals surface area contributed by atoms with Crippen LogP contribution in [0.2, 0.25) is 0 Å². The summed E-state index contributed by atoms with van der Waals surface area (Å²) in [5, 5.41) is 23.8. The van der Waals surface area contributed by atoms with Crippen LogP contribution in [0.3, 0.4) is 0 Å². The summed E-state index contributed by atoms with van der Waals surface area (Å²) in [7, 11) is 7.56. The topological polar surface area (TPSA) is 291 Å². The molecule has 4 aliphatic rings. The van der Waals surface area contributed by atoms with Gasteiger partial charge >= 0.3 is 23.9 Å². The van der Waals surface area contributed by atoms with Crippen LogP contribution in [0.5, 0.6) is 0 Å². The highest BCUT2D eigenvalue weighted by Crippen LogP contribution is 2.39. The second kappa shape index (κ2) is 43.2. The summed E-state index contributed by atoms with van der Waals surface area (Å²) >= 11 is 2.59. The van der Waals surface area contributed by atoms with Crippen molar-refractivity contribution in [3.05, 3.63) is 47.6 Å². The van der Waals surface area contributed by atoms with Gasteiger partial charge in [-0.05, 0) is 114 Å². The van der Waals surface area contributed by atoms with Gasteiger partial charge in [-0.3, -0.25) is 33.6 Å². The average molecular weight is 1380 g/mol. The number of fused-ring (bicyclic) bond motifs is 3. The Morgan fingerprint density at radius 2 is 1.39 bits per heavy atom. The zero-order valence-corrected chi connectivity index (χ0v) is 60.2. The Morgan fingerprint density at radius 1 is 0.747 bits per heavy atom. The number of thioether (sulfide) groups is 2. The number of methoxy groups -OCH3 is 5. The number of hydrogen-bond donors (Lipinski definition) is 2. The molecule has 3 heterocycles. The van der Waals surface area contributed by atoms with E-state index in [1.807, 2.05) is 51.2 Å². The van der Waals surface area contributed by atoms with Gasteiger partial charge in [0.25, 0.3) is 11.7 Å². The van der Waals surface area contributed by atoms with Crippen LogP contribution in [-0.4, -0.2) is 235 Å². The molecule has 1 aliphatic carbocycles. The highest BCUT2D eigenvalue weighted by molar-refractivity contribution is 8.00. The molecule has 0 aromatic carbocycles. The molecule has 0 unspecified atom stereocenters. The van der Waals surface area contributed by atoms with Crippen LogP contribution in [0, 0.1) is 40.9 Å². The second-order valence-electron chi connectivity index (χ2n) is 26.2. The van der Waals surface area contributed by atoms with Gasteiger partial charge in [-0.15, -0.1) is 23.5 Å². The maximum absolute atomic E-state index is 14.8. The van der Waals surface area contributed by atoms with Crippen molar-refractivity contribution in [2.24, 2.45) is 40.9 Å². The van der Waals surface area contributed by atoms with Crippen LogP contribution in [0.25, 0.3) is 0 Å². The molecule has 23 nitrogen and oxygen atoms in total. The molecule has 3 aliphatic heterocycles. The molecule has 95 heavy (non-hydrogen) atoms. The minimum absolute atomic E-state index is 0.0148. The molecule has 2 saturated heterocycles. The summed E-state index contributed by atoms with van der Waals surface area (Å²) < 4.78 is 68.5. The first-order chi connectivity index (χ1) is 45.3. The van der Waals surface area contributed by atoms with Crippen LogP contribution < -0.4 is 0 Å². The number of allylic oxidation sites excluding steroid dienone is 6. The van der Waals surface area contributed by atoms with Crippen LogP contribution in [0.1, 0.15) is 132 Å². The second-order valence-corrected chi connectivity index (χ2v) is 28.4.